The number of rotatable bonds is 3. The van der Waals surface area contributed by atoms with Crippen LogP contribution in [-0.4, -0.2) is 24.5 Å². The Kier molecular flexibility index (Phi) is 4.23. The van der Waals surface area contributed by atoms with Crippen molar-refractivity contribution in [3.05, 3.63) is 64.7 Å². The highest BCUT2D eigenvalue weighted by Crippen LogP contribution is 2.33. The van der Waals surface area contributed by atoms with Gasteiger partial charge in [-0.05, 0) is 46.7 Å². The van der Waals surface area contributed by atoms with Crippen molar-refractivity contribution in [3.8, 4) is 16.9 Å². The SMILES string of the molecule is COC(=O)c1ccc(Cl)c(-c2ccc3c(C=O)c(O)ccc3c2)c1. The van der Waals surface area contributed by atoms with E-state index in [2.05, 4.69) is 0 Å². The molecule has 0 radical (unpaired) electrons. The van der Waals surface area contributed by atoms with Crippen molar-refractivity contribution >= 4 is 34.6 Å². The van der Waals surface area contributed by atoms with Crippen LogP contribution >= 0.6 is 11.6 Å². The summed E-state index contributed by atoms with van der Waals surface area (Å²) in [5.41, 5.74) is 2.12. The minimum atomic E-state index is -0.443. The van der Waals surface area contributed by atoms with Gasteiger partial charge in [0, 0.05) is 10.6 Å². The maximum absolute atomic E-state index is 11.7. The van der Waals surface area contributed by atoms with Gasteiger partial charge in [0.1, 0.15) is 5.75 Å². The van der Waals surface area contributed by atoms with Gasteiger partial charge in [0.15, 0.2) is 6.29 Å². The van der Waals surface area contributed by atoms with Crippen molar-refractivity contribution in [1.29, 1.82) is 0 Å². The van der Waals surface area contributed by atoms with Gasteiger partial charge in [-0.1, -0.05) is 29.8 Å². The number of hydrogen-bond acceptors (Lipinski definition) is 4. The molecule has 0 fully saturated rings. The number of aromatic hydroxyl groups is 1. The van der Waals surface area contributed by atoms with E-state index in [9.17, 15) is 14.7 Å². The van der Waals surface area contributed by atoms with Gasteiger partial charge in [-0.3, -0.25) is 4.79 Å². The predicted octanol–water partition coefficient (Wildman–Crippen LogP) is 4.46. The van der Waals surface area contributed by atoms with Crippen LogP contribution in [0.4, 0.5) is 0 Å². The molecule has 0 aromatic heterocycles. The van der Waals surface area contributed by atoms with E-state index in [1.165, 1.54) is 13.2 Å². The molecule has 1 N–H and O–H groups in total. The topological polar surface area (TPSA) is 63.6 Å². The first-order valence-corrected chi connectivity index (χ1v) is 7.52. The molecule has 0 spiro atoms. The summed E-state index contributed by atoms with van der Waals surface area (Å²) in [7, 11) is 1.32. The molecule has 3 rings (SSSR count). The average molecular weight is 341 g/mol. The van der Waals surface area contributed by atoms with Gasteiger partial charge in [0.25, 0.3) is 0 Å². The molecule has 0 bridgehead atoms. The number of hydrogen-bond donors (Lipinski definition) is 1. The molecule has 0 amide bonds. The second kappa shape index (κ2) is 6.34. The highest BCUT2D eigenvalue weighted by molar-refractivity contribution is 6.33. The maximum Gasteiger partial charge on any atom is 0.337 e. The summed E-state index contributed by atoms with van der Waals surface area (Å²) in [6.45, 7) is 0. The van der Waals surface area contributed by atoms with Crippen molar-refractivity contribution < 1.29 is 19.4 Å². The molecule has 5 heteroatoms. The molecule has 0 aliphatic heterocycles. The van der Waals surface area contributed by atoms with E-state index in [4.69, 9.17) is 16.3 Å². The number of ether oxygens (including phenoxy) is 1. The molecule has 0 heterocycles. The van der Waals surface area contributed by atoms with Crippen LogP contribution in [0, 0.1) is 0 Å². The fourth-order valence-corrected chi connectivity index (χ4v) is 2.85. The summed E-state index contributed by atoms with van der Waals surface area (Å²) >= 11 is 6.27. The Balaban J connectivity index is 2.18. The molecular formula is C19H13ClO4. The van der Waals surface area contributed by atoms with Crippen LogP contribution in [0.1, 0.15) is 20.7 Å². The van der Waals surface area contributed by atoms with Crippen molar-refractivity contribution in [2.24, 2.45) is 0 Å². The first-order valence-electron chi connectivity index (χ1n) is 7.14. The molecule has 3 aromatic carbocycles. The number of esters is 1. The third-order valence-electron chi connectivity index (χ3n) is 3.85. The zero-order valence-corrected chi connectivity index (χ0v) is 13.5. The molecule has 4 nitrogen and oxygen atoms in total. The Morgan fingerprint density at radius 3 is 2.62 bits per heavy atom. The smallest absolute Gasteiger partial charge is 0.337 e. The largest absolute Gasteiger partial charge is 0.507 e. The van der Waals surface area contributed by atoms with E-state index in [-0.39, 0.29) is 11.3 Å². The van der Waals surface area contributed by atoms with Crippen LogP contribution in [0.2, 0.25) is 5.02 Å². The fraction of sp³-hybridized carbons (Fsp3) is 0.0526. The number of halogens is 1. The first kappa shape index (κ1) is 16.0. The molecule has 0 saturated carbocycles. The summed E-state index contributed by atoms with van der Waals surface area (Å²) < 4.78 is 4.73. The molecule has 24 heavy (non-hydrogen) atoms. The molecule has 0 atom stereocenters. The highest BCUT2D eigenvalue weighted by Gasteiger charge is 2.12. The molecule has 0 saturated heterocycles. The first-order chi connectivity index (χ1) is 11.5. The third kappa shape index (κ3) is 2.72. The number of phenols is 1. The van der Waals surface area contributed by atoms with Crippen LogP contribution in [-0.2, 0) is 4.74 Å². The van der Waals surface area contributed by atoms with E-state index in [1.807, 2.05) is 6.07 Å². The average Bonchev–Trinajstić information content (AvgIpc) is 2.61. The maximum atomic E-state index is 11.7. The summed E-state index contributed by atoms with van der Waals surface area (Å²) in [5, 5.41) is 11.7. The lowest BCUT2D eigenvalue weighted by atomic mass is 9.97. The summed E-state index contributed by atoms with van der Waals surface area (Å²) in [6, 6.07) is 13.5. The van der Waals surface area contributed by atoms with Crippen molar-refractivity contribution in [1.82, 2.24) is 0 Å². The number of phenolic OH excluding ortho intramolecular Hbond substituents is 1. The van der Waals surface area contributed by atoms with E-state index >= 15 is 0 Å². The summed E-state index contributed by atoms with van der Waals surface area (Å²) in [5.74, 6) is -0.502. The van der Waals surface area contributed by atoms with E-state index in [0.717, 1.165) is 10.9 Å². The minimum absolute atomic E-state index is 0.0593. The molecular weight excluding hydrogens is 328 g/mol. The van der Waals surface area contributed by atoms with Gasteiger partial charge in [0.2, 0.25) is 0 Å². The molecule has 0 aliphatic rings. The molecule has 0 aliphatic carbocycles. The Morgan fingerprint density at radius 1 is 1.12 bits per heavy atom. The minimum Gasteiger partial charge on any atom is -0.507 e. The predicted molar refractivity (Wildman–Crippen MR) is 92.8 cm³/mol. The second-order valence-electron chi connectivity index (χ2n) is 5.24. The molecule has 120 valence electrons. The van der Waals surface area contributed by atoms with Gasteiger partial charge in [-0.25, -0.2) is 4.79 Å². The molecule has 0 unspecified atom stereocenters. The van der Waals surface area contributed by atoms with Gasteiger partial charge in [-0.15, -0.1) is 0 Å². The Labute approximate surface area is 143 Å². The van der Waals surface area contributed by atoms with Crippen LogP contribution in [0.3, 0.4) is 0 Å². The Morgan fingerprint density at radius 2 is 1.92 bits per heavy atom. The van der Waals surface area contributed by atoms with Crippen LogP contribution in [0.15, 0.2) is 48.5 Å². The zero-order valence-electron chi connectivity index (χ0n) is 12.7. The van der Waals surface area contributed by atoms with Crippen molar-refractivity contribution in [2.45, 2.75) is 0 Å². The van der Waals surface area contributed by atoms with Gasteiger partial charge in [-0.2, -0.15) is 0 Å². The van der Waals surface area contributed by atoms with Gasteiger partial charge >= 0.3 is 5.97 Å². The quantitative estimate of drug-likeness (QED) is 0.564. The number of methoxy groups -OCH3 is 1. The monoisotopic (exact) mass is 340 g/mol. The number of carbonyl (C=O) groups is 2. The van der Waals surface area contributed by atoms with Crippen LogP contribution in [0.5, 0.6) is 5.75 Å². The van der Waals surface area contributed by atoms with Crippen LogP contribution in [0.25, 0.3) is 21.9 Å². The number of aldehydes is 1. The van der Waals surface area contributed by atoms with E-state index in [0.29, 0.717) is 27.8 Å². The normalized spacial score (nSPS) is 10.6. The number of carbonyl (C=O) groups excluding carboxylic acids is 2. The standard InChI is InChI=1S/C19H13ClO4/c1-24-19(23)13-3-6-17(20)15(9-13)12-2-5-14-11(8-12)4-7-18(22)16(14)10-21/h2-10,22H,1H3. The lowest BCUT2D eigenvalue weighted by Gasteiger charge is -2.10. The lowest BCUT2D eigenvalue weighted by Crippen LogP contribution is -2.01. The third-order valence-corrected chi connectivity index (χ3v) is 4.18. The fourth-order valence-electron chi connectivity index (χ4n) is 2.63. The molecule has 3 aromatic rings. The summed E-state index contributed by atoms with van der Waals surface area (Å²) in [4.78, 5) is 22.9. The Hall–Kier alpha value is -2.85. The second-order valence-corrected chi connectivity index (χ2v) is 5.65. The van der Waals surface area contributed by atoms with E-state index < -0.39 is 5.97 Å². The number of fused-ring (bicyclic) bond motifs is 1. The Bertz CT molecular complexity index is 963. The van der Waals surface area contributed by atoms with Crippen LogP contribution < -0.4 is 0 Å². The highest BCUT2D eigenvalue weighted by atomic mass is 35.5. The number of benzene rings is 3. The summed E-state index contributed by atoms with van der Waals surface area (Å²) in [6.07, 6.45) is 0.627. The van der Waals surface area contributed by atoms with Crippen molar-refractivity contribution in [2.75, 3.05) is 7.11 Å². The van der Waals surface area contributed by atoms with E-state index in [1.54, 1.807) is 36.4 Å². The van der Waals surface area contributed by atoms with Gasteiger partial charge in [0.05, 0.1) is 18.2 Å². The van der Waals surface area contributed by atoms with Crippen molar-refractivity contribution in [3.63, 3.8) is 0 Å². The zero-order chi connectivity index (χ0) is 17.3. The lowest BCUT2D eigenvalue weighted by molar-refractivity contribution is 0.0600. The van der Waals surface area contributed by atoms with Gasteiger partial charge < -0.3 is 9.84 Å².